The van der Waals surface area contributed by atoms with Gasteiger partial charge in [0.15, 0.2) is 0 Å². The maximum Gasteiger partial charge on any atom is 0.407 e. The number of ether oxygens (including phenoxy) is 1. The van der Waals surface area contributed by atoms with Gasteiger partial charge in [-0.3, -0.25) is 4.79 Å². The molecular formula is C18H28N2O4. The standard InChI is InChI=1S/C18H28N2O4/c1-12(15-7-6-10-23-15)20(5)16(21)13-8-9-14(11-13)19-17(22)24-18(2,3)4/h6-7,10,12-14H,8-9,11H2,1-5H3,(H,19,22)/t12-,13-,14+/m1/s1. The molecule has 0 bridgehead atoms. The van der Waals surface area contributed by atoms with E-state index in [-0.39, 0.29) is 23.9 Å². The molecule has 1 aliphatic carbocycles. The Hall–Kier alpha value is -1.98. The molecule has 0 saturated heterocycles. The summed E-state index contributed by atoms with van der Waals surface area (Å²) < 4.78 is 10.7. The van der Waals surface area contributed by atoms with Crippen molar-refractivity contribution < 1.29 is 18.7 Å². The van der Waals surface area contributed by atoms with Gasteiger partial charge in [0, 0.05) is 19.0 Å². The average Bonchev–Trinajstić information content (AvgIpc) is 3.14. The summed E-state index contributed by atoms with van der Waals surface area (Å²) in [6.07, 6.45) is 3.40. The molecule has 2 rings (SSSR count). The number of carbonyl (C=O) groups excluding carboxylic acids is 2. The number of hydrogen-bond acceptors (Lipinski definition) is 4. The molecule has 134 valence electrons. The normalized spacial score (nSPS) is 22.0. The van der Waals surface area contributed by atoms with Gasteiger partial charge in [0.1, 0.15) is 11.4 Å². The van der Waals surface area contributed by atoms with Gasteiger partial charge >= 0.3 is 6.09 Å². The van der Waals surface area contributed by atoms with Gasteiger partial charge in [0.05, 0.1) is 12.3 Å². The molecule has 1 fully saturated rings. The van der Waals surface area contributed by atoms with Gasteiger partial charge in [-0.25, -0.2) is 4.79 Å². The van der Waals surface area contributed by atoms with E-state index in [0.29, 0.717) is 6.42 Å². The Morgan fingerprint density at radius 3 is 2.67 bits per heavy atom. The van der Waals surface area contributed by atoms with Crippen LogP contribution in [0.1, 0.15) is 58.8 Å². The number of hydrogen-bond donors (Lipinski definition) is 1. The summed E-state index contributed by atoms with van der Waals surface area (Å²) in [5, 5.41) is 2.87. The van der Waals surface area contributed by atoms with E-state index in [1.807, 2.05) is 39.8 Å². The van der Waals surface area contributed by atoms with E-state index in [1.54, 1.807) is 18.2 Å². The van der Waals surface area contributed by atoms with Gasteiger partial charge in [0.2, 0.25) is 5.91 Å². The zero-order valence-electron chi connectivity index (χ0n) is 15.2. The van der Waals surface area contributed by atoms with Crippen LogP contribution in [0.25, 0.3) is 0 Å². The molecule has 3 atom stereocenters. The van der Waals surface area contributed by atoms with Crippen molar-refractivity contribution in [3.05, 3.63) is 24.2 Å². The van der Waals surface area contributed by atoms with E-state index in [1.165, 1.54) is 0 Å². The van der Waals surface area contributed by atoms with Crippen LogP contribution in [0.3, 0.4) is 0 Å². The lowest BCUT2D eigenvalue weighted by molar-refractivity contribution is -0.136. The Morgan fingerprint density at radius 2 is 2.08 bits per heavy atom. The largest absolute Gasteiger partial charge is 0.467 e. The lowest BCUT2D eigenvalue weighted by atomic mass is 10.0. The second kappa shape index (κ2) is 7.28. The van der Waals surface area contributed by atoms with Crippen LogP contribution in [0, 0.1) is 5.92 Å². The van der Waals surface area contributed by atoms with E-state index in [9.17, 15) is 9.59 Å². The highest BCUT2D eigenvalue weighted by Gasteiger charge is 2.34. The van der Waals surface area contributed by atoms with Crippen LogP contribution in [0.2, 0.25) is 0 Å². The van der Waals surface area contributed by atoms with Crippen LogP contribution in [0.5, 0.6) is 0 Å². The molecule has 2 amide bonds. The smallest absolute Gasteiger partial charge is 0.407 e. The maximum absolute atomic E-state index is 12.7. The first-order valence-corrected chi connectivity index (χ1v) is 8.47. The van der Waals surface area contributed by atoms with E-state index in [4.69, 9.17) is 9.15 Å². The molecule has 24 heavy (non-hydrogen) atoms. The highest BCUT2D eigenvalue weighted by molar-refractivity contribution is 5.79. The Morgan fingerprint density at radius 1 is 1.38 bits per heavy atom. The van der Waals surface area contributed by atoms with E-state index >= 15 is 0 Å². The fourth-order valence-corrected chi connectivity index (χ4v) is 3.01. The summed E-state index contributed by atoms with van der Waals surface area (Å²) >= 11 is 0. The molecule has 0 unspecified atom stereocenters. The van der Waals surface area contributed by atoms with Crippen molar-refractivity contribution >= 4 is 12.0 Å². The third kappa shape index (κ3) is 4.76. The second-order valence-electron chi connectivity index (χ2n) is 7.49. The Labute approximate surface area is 143 Å². The zero-order chi connectivity index (χ0) is 17.9. The fourth-order valence-electron chi connectivity index (χ4n) is 3.01. The molecule has 0 aromatic carbocycles. The van der Waals surface area contributed by atoms with E-state index < -0.39 is 11.7 Å². The monoisotopic (exact) mass is 336 g/mol. The van der Waals surface area contributed by atoms with Crippen molar-refractivity contribution in [3.63, 3.8) is 0 Å². The number of carbonyl (C=O) groups is 2. The first-order valence-electron chi connectivity index (χ1n) is 8.47. The van der Waals surface area contributed by atoms with Crippen molar-refractivity contribution in [2.45, 2.75) is 64.6 Å². The van der Waals surface area contributed by atoms with E-state index in [0.717, 1.165) is 18.6 Å². The summed E-state index contributed by atoms with van der Waals surface area (Å²) in [5.41, 5.74) is -0.517. The van der Waals surface area contributed by atoms with E-state index in [2.05, 4.69) is 5.32 Å². The number of alkyl carbamates (subject to hydrolysis) is 1. The fraction of sp³-hybridized carbons (Fsp3) is 0.667. The molecule has 1 aliphatic rings. The molecule has 1 aromatic rings. The van der Waals surface area contributed by atoms with Crippen LogP contribution < -0.4 is 5.32 Å². The highest BCUT2D eigenvalue weighted by Crippen LogP contribution is 2.30. The van der Waals surface area contributed by atoms with Gasteiger partial charge in [0.25, 0.3) is 0 Å². The van der Waals surface area contributed by atoms with Crippen molar-refractivity contribution in [1.29, 1.82) is 0 Å². The van der Waals surface area contributed by atoms with Crippen LogP contribution in [0.15, 0.2) is 22.8 Å². The summed E-state index contributed by atoms with van der Waals surface area (Å²) in [4.78, 5) is 26.3. The van der Waals surface area contributed by atoms with Gasteiger partial charge in [-0.1, -0.05) is 0 Å². The molecule has 1 saturated carbocycles. The molecule has 6 nitrogen and oxygen atoms in total. The number of rotatable bonds is 4. The molecular weight excluding hydrogens is 308 g/mol. The molecule has 0 aliphatic heterocycles. The minimum atomic E-state index is -0.517. The number of nitrogens with zero attached hydrogens (tertiary/aromatic N) is 1. The van der Waals surface area contributed by atoms with Crippen LogP contribution in [-0.4, -0.2) is 35.6 Å². The summed E-state index contributed by atoms with van der Waals surface area (Å²) in [7, 11) is 1.80. The highest BCUT2D eigenvalue weighted by atomic mass is 16.6. The lowest BCUT2D eigenvalue weighted by Gasteiger charge is -2.26. The SMILES string of the molecule is C[C@H](c1ccco1)N(C)C(=O)[C@@H]1CC[C@H](NC(=O)OC(C)(C)C)C1. The van der Waals surface area contributed by atoms with Crippen LogP contribution in [-0.2, 0) is 9.53 Å². The van der Waals surface area contributed by atoms with Gasteiger partial charge in [-0.15, -0.1) is 0 Å². The predicted molar refractivity (Wildman–Crippen MR) is 90.4 cm³/mol. The summed E-state index contributed by atoms with van der Waals surface area (Å²) in [6, 6.07) is 3.57. The van der Waals surface area contributed by atoms with Crippen molar-refractivity contribution in [1.82, 2.24) is 10.2 Å². The number of nitrogens with one attached hydrogen (secondary N) is 1. The average molecular weight is 336 g/mol. The Bertz CT molecular complexity index is 562. The Kier molecular flexibility index (Phi) is 5.57. The maximum atomic E-state index is 12.7. The van der Waals surface area contributed by atoms with Crippen molar-refractivity contribution in [2.24, 2.45) is 5.92 Å². The van der Waals surface area contributed by atoms with Crippen molar-refractivity contribution in [2.75, 3.05) is 7.05 Å². The molecule has 1 heterocycles. The van der Waals surface area contributed by atoms with Gasteiger partial charge < -0.3 is 19.4 Å². The molecule has 1 aromatic heterocycles. The molecule has 1 N–H and O–H groups in total. The predicted octanol–water partition coefficient (Wildman–Crippen LogP) is 3.49. The molecule has 6 heteroatoms. The second-order valence-corrected chi connectivity index (χ2v) is 7.49. The third-order valence-corrected chi connectivity index (χ3v) is 4.39. The van der Waals surface area contributed by atoms with Gasteiger partial charge in [-0.2, -0.15) is 0 Å². The number of furan rings is 1. The molecule has 0 radical (unpaired) electrons. The third-order valence-electron chi connectivity index (χ3n) is 4.39. The number of amides is 2. The van der Waals surface area contributed by atoms with Crippen molar-refractivity contribution in [3.8, 4) is 0 Å². The zero-order valence-corrected chi connectivity index (χ0v) is 15.2. The van der Waals surface area contributed by atoms with Crippen LogP contribution >= 0.6 is 0 Å². The van der Waals surface area contributed by atoms with Crippen LogP contribution in [0.4, 0.5) is 4.79 Å². The molecule has 0 spiro atoms. The minimum Gasteiger partial charge on any atom is -0.467 e. The topological polar surface area (TPSA) is 71.8 Å². The first-order chi connectivity index (χ1) is 11.2. The summed E-state index contributed by atoms with van der Waals surface area (Å²) in [6.45, 7) is 7.44. The summed E-state index contributed by atoms with van der Waals surface area (Å²) in [5.74, 6) is 0.784. The van der Waals surface area contributed by atoms with Gasteiger partial charge in [-0.05, 0) is 59.1 Å². The lowest BCUT2D eigenvalue weighted by Crippen LogP contribution is -2.39. The minimum absolute atomic E-state index is 0.0129. The Balaban J connectivity index is 1.86. The first kappa shape index (κ1) is 18.4. The quantitative estimate of drug-likeness (QED) is 0.913.